The summed E-state index contributed by atoms with van der Waals surface area (Å²) in [5.74, 6) is 0. The van der Waals surface area contributed by atoms with Crippen molar-refractivity contribution in [2.24, 2.45) is 0 Å². The quantitative estimate of drug-likeness (QED) is 0.902. The van der Waals surface area contributed by atoms with Crippen LogP contribution in [0.2, 0.25) is 0 Å². The minimum Gasteiger partial charge on any atom is -0.308 e. The molecule has 0 bridgehead atoms. The van der Waals surface area contributed by atoms with Gasteiger partial charge in [0.05, 0.1) is 0 Å². The zero-order valence-corrected chi connectivity index (χ0v) is 15.3. The number of hydrogen-bond donors (Lipinski definition) is 1. The normalized spacial score (nSPS) is 19.9. The van der Waals surface area contributed by atoms with Crippen LogP contribution in [-0.4, -0.2) is 55.1 Å². The van der Waals surface area contributed by atoms with E-state index < -0.39 is 0 Å². The van der Waals surface area contributed by atoms with Gasteiger partial charge in [-0.05, 0) is 53.3 Å². The molecule has 1 aliphatic heterocycles. The van der Waals surface area contributed by atoms with E-state index in [1.807, 2.05) is 11.3 Å². The lowest BCUT2D eigenvalue weighted by Crippen LogP contribution is -2.57. The summed E-state index contributed by atoms with van der Waals surface area (Å²) in [6.45, 7) is 17.2. The Labute approximate surface area is 134 Å². The second-order valence-electron chi connectivity index (χ2n) is 7.07. The molecule has 1 saturated heterocycles. The maximum Gasteiger partial charge on any atom is 0.0303 e. The van der Waals surface area contributed by atoms with Gasteiger partial charge in [0, 0.05) is 54.1 Å². The SMILES string of the molecule is Cc1cc(C(C)NCC(C)(C)N2CCN(C)CC2)c(C)s1. The summed E-state index contributed by atoms with van der Waals surface area (Å²) in [6, 6.07) is 2.77. The van der Waals surface area contributed by atoms with E-state index in [9.17, 15) is 0 Å². The highest BCUT2D eigenvalue weighted by Gasteiger charge is 2.29. The van der Waals surface area contributed by atoms with E-state index in [2.05, 4.69) is 62.8 Å². The fourth-order valence-corrected chi connectivity index (χ4v) is 4.14. The molecule has 1 atom stereocenters. The van der Waals surface area contributed by atoms with Gasteiger partial charge in [0.2, 0.25) is 0 Å². The van der Waals surface area contributed by atoms with Crippen LogP contribution in [0.15, 0.2) is 6.07 Å². The lowest BCUT2D eigenvalue weighted by atomic mass is 10.00. The molecule has 0 radical (unpaired) electrons. The maximum atomic E-state index is 3.75. The molecule has 1 N–H and O–H groups in total. The van der Waals surface area contributed by atoms with Crippen molar-refractivity contribution in [1.82, 2.24) is 15.1 Å². The molecule has 2 heterocycles. The number of aryl methyl sites for hydroxylation is 2. The molecule has 0 aromatic carbocycles. The predicted octanol–water partition coefficient (Wildman–Crippen LogP) is 3.04. The van der Waals surface area contributed by atoms with E-state index in [-0.39, 0.29) is 5.54 Å². The fraction of sp³-hybridized carbons (Fsp3) is 0.765. The molecular weight excluding hydrogens is 278 g/mol. The third-order valence-electron chi connectivity index (χ3n) is 4.75. The Morgan fingerprint density at radius 1 is 1.24 bits per heavy atom. The number of thiophene rings is 1. The largest absolute Gasteiger partial charge is 0.308 e. The van der Waals surface area contributed by atoms with Crippen molar-refractivity contribution in [1.29, 1.82) is 0 Å². The number of nitrogens with zero attached hydrogens (tertiary/aromatic N) is 2. The van der Waals surface area contributed by atoms with Gasteiger partial charge in [0.1, 0.15) is 0 Å². The van der Waals surface area contributed by atoms with Gasteiger partial charge in [0.15, 0.2) is 0 Å². The first-order valence-corrected chi connectivity index (χ1v) is 8.85. The average Bonchev–Trinajstić information content (AvgIpc) is 2.76. The second kappa shape index (κ2) is 6.78. The minimum atomic E-state index is 0.217. The summed E-state index contributed by atoms with van der Waals surface area (Å²) in [5.41, 5.74) is 1.68. The van der Waals surface area contributed by atoms with Crippen LogP contribution < -0.4 is 5.32 Å². The van der Waals surface area contributed by atoms with Gasteiger partial charge >= 0.3 is 0 Å². The van der Waals surface area contributed by atoms with E-state index in [1.54, 1.807) is 0 Å². The first kappa shape index (κ1) is 16.9. The van der Waals surface area contributed by atoms with Crippen molar-refractivity contribution >= 4 is 11.3 Å². The Morgan fingerprint density at radius 3 is 2.38 bits per heavy atom. The molecule has 3 nitrogen and oxygen atoms in total. The first-order valence-electron chi connectivity index (χ1n) is 8.03. The van der Waals surface area contributed by atoms with E-state index in [4.69, 9.17) is 0 Å². The minimum absolute atomic E-state index is 0.217. The molecule has 0 aliphatic carbocycles. The summed E-state index contributed by atoms with van der Waals surface area (Å²) in [7, 11) is 2.21. The van der Waals surface area contributed by atoms with Crippen LogP contribution in [0.25, 0.3) is 0 Å². The summed E-state index contributed by atoms with van der Waals surface area (Å²) in [4.78, 5) is 7.90. The molecule has 1 aromatic heterocycles. The van der Waals surface area contributed by atoms with Crippen LogP contribution in [0, 0.1) is 13.8 Å². The Bertz CT molecular complexity index is 459. The molecule has 2 rings (SSSR count). The van der Waals surface area contributed by atoms with Gasteiger partial charge in [-0.2, -0.15) is 0 Å². The highest BCUT2D eigenvalue weighted by atomic mass is 32.1. The van der Waals surface area contributed by atoms with Crippen LogP contribution in [-0.2, 0) is 0 Å². The lowest BCUT2D eigenvalue weighted by molar-refractivity contribution is 0.0605. The zero-order valence-electron chi connectivity index (χ0n) is 14.5. The van der Waals surface area contributed by atoms with Crippen molar-refractivity contribution in [2.75, 3.05) is 39.8 Å². The number of hydrogen-bond acceptors (Lipinski definition) is 4. The lowest BCUT2D eigenvalue weighted by Gasteiger charge is -2.43. The Balaban J connectivity index is 1.90. The molecule has 1 aliphatic rings. The van der Waals surface area contributed by atoms with Crippen LogP contribution in [0.5, 0.6) is 0 Å². The van der Waals surface area contributed by atoms with Crippen molar-refractivity contribution in [3.8, 4) is 0 Å². The fourth-order valence-electron chi connectivity index (χ4n) is 3.12. The van der Waals surface area contributed by atoms with E-state index in [0.29, 0.717) is 6.04 Å². The molecule has 120 valence electrons. The van der Waals surface area contributed by atoms with Gasteiger partial charge < -0.3 is 10.2 Å². The number of piperazine rings is 1. The molecule has 4 heteroatoms. The Morgan fingerprint density at radius 2 is 1.86 bits per heavy atom. The molecule has 0 saturated carbocycles. The number of rotatable bonds is 5. The summed E-state index contributed by atoms with van der Waals surface area (Å²) in [5, 5.41) is 3.75. The van der Waals surface area contributed by atoms with Crippen molar-refractivity contribution in [2.45, 2.75) is 46.2 Å². The van der Waals surface area contributed by atoms with E-state index in [0.717, 1.165) is 6.54 Å². The summed E-state index contributed by atoms with van der Waals surface area (Å²) in [6.07, 6.45) is 0. The maximum absolute atomic E-state index is 3.75. The molecular formula is C17H31N3S. The smallest absolute Gasteiger partial charge is 0.0303 e. The first-order chi connectivity index (χ1) is 9.79. The van der Waals surface area contributed by atoms with Gasteiger partial charge in [-0.3, -0.25) is 4.90 Å². The molecule has 0 spiro atoms. The van der Waals surface area contributed by atoms with Crippen molar-refractivity contribution < 1.29 is 0 Å². The van der Waals surface area contributed by atoms with Crippen LogP contribution >= 0.6 is 11.3 Å². The van der Waals surface area contributed by atoms with Crippen LogP contribution in [0.4, 0.5) is 0 Å². The van der Waals surface area contributed by atoms with E-state index >= 15 is 0 Å². The highest BCUT2D eigenvalue weighted by molar-refractivity contribution is 7.12. The van der Waals surface area contributed by atoms with Crippen LogP contribution in [0.3, 0.4) is 0 Å². The van der Waals surface area contributed by atoms with Crippen molar-refractivity contribution in [3.05, 3.63) is 21.4 Å². The number of likely N-dealkylation sites (N-methyl/N-ethyl adjacent to an activating group) is 1. The van der Waals surface area contributed by atoms with Crippen LogP contribution in [0.1, 0.15) is 42.1 Å². The Kier molecular flexibility index (Phi) is 5.47. The average molecular weight is 310 g/mol. The van der Waals surface area contributed by atoms with Gasteiger partial charge in [-0.25, -0.2) is 0 Å². The topological polar surface area (TPSA) is 18.5 Å². The molecule has 1 fully saturated rings. The molecule has 0 amide bonds. The predicted molar refractivity (Wildman–Crippen MR) is 93.4 cm³/mol. The molecule has 1 aromatic rings. The standard InChI is InChI=1S/C17H31N3S/c1-13-11-16(15(3)21-13)14(2)18-12-17(4,5)20-9-7-19(6)8-10-20/h11,14,18H,7-10,12H2,1-6H3. The third-order valence-corrected chi connectivity index (χ3v) is 5.73. The molecule has 1 unspecified atom stereocenters. The zero-order chi connectivity index (χ0) is 15.6. The Hall–Kier alpha value is -0.420. The molecule has 21 heavy (non-hydrogen) atoms. The summed E-state index contributed by atoms with van der Waals surface area (Å²) >= 11 is 1.90. The van der Waals surface area contributed by atoms with Gasteiger partial charge in [-0.1, -0.05) is 0 Å². The van der Waals surface area contributed by atoms with E-state index in [1.165, 1.54) is 41.5 Å². The van der Waals surface area contributed by atoms with Gasteiger partial charge in [-0.15, -0.1) is 11.3 Å². The van der Waals surface area contributed by atoms with Crippen molar-refractivity contribution in [3.63, 3.8) is 0 Å². The summed E-state index contributed by atoms with van der Waals surface area (Å²) < 4.78 is 0. The monoisotopic (exact) mass is 309 g/mol. The van der Waals surface area contributed by atoms with Gasteiger partial charge in [0.25, 0.3) is 0 Å². The second-order valence-corrected chi connectivity index (χ2v) is 8.53. The number of nitrogens with one attached hydrogen (secondary N) is 1. The third kappa shape index (κ3) is 4.28. The highest BCUT2D eigenvalue weighted by Crippen LogP contribution is 2.26.